The Hall–Kier alpha value is -8.76. The Morgan fingerprint density at radius 2 is 1.22 bits per heavy atom. The number of aliphatic imine (C=N–C) groups is 1. The Kier molecular flexibility index (Phi) is 35.1. The molecule has 0 bridgehead atoms. The van der Waals surface area contributed by atoms with Crippen LogP contribution in [0.25, 0.3) is 0 Å². The first-order valence-corrected chi connectivity index (χ1v) is 34.0. The van der Waals surface area contributed by atoms with Crippen LogP contribution in [0, 0.1) is 29.6 Å². The van der Waals surface area contributed by atoms with E-state index in [2.05, 4.69) is 58.2 Å². The molecule has 34 heteroatoms. The number of alkyl carbamates (subject to hydrolysis) is 1. The number of nitrogens with zero attached hydrogens (tertiary/aromatic N) is 1. The number of carbonyl (C=O) groups excluding carboxylic acids is 13. The Morgan fingerprint density at radius 3 is 1.77 bits per heavy atom. The molecule has 0 aromatic heterocycles. The van der Waals surface area contributed by atoms with Gasteiger partial charge in [-0.25, -0.2) is 9.59 Å². The summed E-state index contributed by atoms with van der Waals surface area (Å²) in [6, 6.07) is -11.2. The number of carbonyl (C=O) groups is 13. The van der Waals surface area contributed by atoms with E-state index in [-0.39, 0.29) is 68.4 Å². The standard InChI is InChI=1S/C66H109N15O19/c1-13-35(8)45-59(93)79-46(36(9)83)58(92)71-30-44(84)77-48(51(86)53(67)87)61(95)75-43(31-82)63(97)99-52(38-23-18-15-19-24-38)49(81-57(91)42(29-37-21-16-14-17-22-37)73-56(90)41(28-33(4)5)76-65(98)100-66(10,11)12)62(96)80-47(50(85)34(6)7)60(94)74-40(27-32(2)3)55(89)72-39(54(88)78-45)25-20-26-70-64(68)69/h15,18-19,23-24,32-37,39-43,45-52,82-83,85-86H,13-14,16-17,20-22,25-31H2,1-12H3,(H2,67,87)(H,71,92)(H,72,89)(H,73,90)(H,74,94)(H,75,95)(H,76,98)(H,77,84)(H,78,88)(H,79,93)(H,80,96)(H,81,91)(H4,68,69,70)/t35-,36-,39+,40-,41+,42-,43-,45-,46-,47-,48-,49-,50+,51-,52+/m0/s1. The monoisotopic (exact) mass is 1420 g/mol. The fraction of sp³-hybridized carbons (Fsp3) is 0.697. The number of cyclic esters (lactones) is 1. The van der Waals surface area contributed by atoms with Gasteiger partial charge in [0.2, 0.25) is 65.0 Å². The molecule has 1 saturated heterocycles. The molecule has 3 rings (SSSR count). The van der Waals surface area contributed by atoms with Gasteiger partial charge in [-0.1, -0.05) is 124 Å². The van der Waals surface area contributed by atoms with E-state index >= 15 is 14.4 Å². The van der Waals surface area contributed by atoms with E-state index in [4.69, 9.17) is 26.7 Å². The number of nitrogens with one attached hydrogen (secondary N) is 11. The molecule has 21 N–H and O–H groups in total. The van der Waals surface area contributed by atoms with E-state index < -0.39 is 198 Å². The number of esters is 1. The molecule has 0 radical (unpaired) electrons. The lowest BCUT2D eigenvalue weighted by Gasteiger charge is -2.34. The quantitative estimate of drug-likeness (QED) is 0.0213. The third-order valence-corrected chi connectivity index (χ3v) is 16.7. The zero-order chi connectivity index (χ0) is 75.5. The molecule has 34 nitrogen and oxygen atoms in total. The Balaban J connectivity index is 2.47. The van der Waals surface area contributed by atoms with E-state index in [0.717, 1.165) is 26.2 Å². The average Bonchev–Trinajstić information content (AvgIpc) is 0.835. The van der Waals surface area contributed by atoms with Crippen LogP contribution in [-0.4, -0.2) is 207 Å². The van der Waals surface area contributed by atoms with Crippen molar-refractivity contribution in [2.24, 2.45) is 51.8 Å². The van der Waals surface area contributed by atoms with Crippen molar-refractivity contribution in [2.45, 2.75) is 244 Å². The molecule has 12 amide bonds. The van der Waals surface area contributed by atoms with Gasteiger partial charge in [0.25, 0.3) is 0 Å². The van der Waals surface area contributed by atoms with Crippen LogP contribution in [0.5, 0.6) is 0 Å². The predicted octanol–water partition coefficient (Wildman–Crippen LogP) is -2.94. The predicted molar refractivity (Wildman–Crippen MR) is 363 cm³/mol. The van der Waals surface area contributed by atoms with Crippen LogP contribution in [0.4, 0.5) is 4.79 Å². The summed E-state index contributed by atoms with van der Waals surface area (Å²) in [7, 11) is 0. The second-order valence-corrected chi connectivity index (χ2v) is 27.8. The van der Waals surface area contributed by atoms with Crippen molar-refractivity contribution in [2.75, 3.05) is 19.7 Å². The molecule has 562 valence electrons. The maximum Gasteiger partial charge on any atom is 0.408 e. The molecule has 100 heavy (non-hydrogen) atoms. The van der Waals surface area contributed by atoms with E-state index in [9.17, 15) is 68.4 Å². The number of guanidine groups is 1. The number of hydrogen-bond donors (Lipinski definition) is 18. The topological polar surface area (TPSA) is 544 Å². The van der Waals surface area contributed by atoms with E-state index in [1.807, 2.05) is 5.32 Å². The fourth-order valence-electron chi connectivity index (χ4n) is 11.1. The average molecular weight is 1420 g/mol. The molecular formula is C66H109N15O19. The molecule has 1 aliphatic carbocycles. The summed E-state index contributed by atoms with van der Waals surface area (Å²) >= 11 is 0. The maximum absolute atomic E-state index is 15.7. The molecule has 15 atom stereocenters. The van der Waals surface area contributed by atoms with Crippen molar-refractivity contribution in [3.8, 4) is 0 Å². The number of primary amides is 1. The van der Waals surface area contributed by atoms with Gasteiger partial charge >= 0.3 is 12.1 Å². The molecule has 1 aromatic carbocycles. The number of rotatable bonds is 24. The van der Waals surface area contributed by atoms with Crippen molar-refractivity contribution < 1.29 is 92.2 Å². The van der Waals surface area contributed by atoms with Gasteiger partial charge in [-0.05, 0) is 95.0 Å². The van der Waals surface area contributed by atoms with E-state index in [1.54, 1.807) is 62.3 Å². The van der Waals surface area contributed by atoms with Crippen LogP contribution >= 0.6 is 0 Å². The molecule has 0 unspecified atom stereocenters. The SMILES string of the molecule is CC[C@H](C)[C@@H]1NC(=O)[C@@H](CCCN=C(N)N)NC(=O)[C@H](CC(C)C)NC(=O)[C@H]([C@H](O)C(C)C)NC(=O)[C@@H](NC(=O)[C@H](CC2CCCCC2)NC(=O)[C@@H](CC(C)C)NC(=O)OC(C)(C)C)[C@@H](c2ccccc2)OC(=O)[C@H](CO)NC(=O)[C@H]([C@H](O)C(N)=O)NC(=O)CNC(=O)[C@H]([C@H](C)O)NC1=O. The number of aliphatic hydroxyl groups is 4. The van der Waals surface area contributed by atoms with Crippen LogP contribution in [0.1, 0.15) is 165 Å². The highest BCUT2D eigenvalue weighted by atomic mass is 16.6. The molecule has 2 fully saturated rings. The van der Waals surface area contributed by atoms with Gasteiger partial charge in [-0.3, -0.25) is 57.7 Å². The fourth-order valence-corrected chi connectivity index (χ4v) is 11.1. The maximum atomic E-state index is 15.7. The first kappa shape index (κ1) is 85.5. The summed E-state index contributed by atoms with van der Waals surface area (Å²) in [6.07, 6.45) is -5.66. The minimum absolute atomic E-state index is 0.0341. The Morgan fingerprint density at radius 1 is 0.650 bits per heavy atom. The van der Waals surface area contributed by atoms with Crippen molar-refractivity contribution in [3.05, 3.63) is 35.9 Å². The van der Waals surface area contributed by atoms with Gasteiger partial charge in [0.05, 0.1) is 25.4 Å². The lowest BCUT2D eigenvalue weighted by atomic mass is 9.84. The zero-order valence-electron chi connectivity index (χ0n) is 59.3. The summed E-state index contributed by atoms with van der Waals surface area (Å²) in [4.78, 5) is 190. The largest absolute Gasteiger partial charge is 0.453 e. The molecule has 0 spiro atoms. The highest BCUT2D eigenvalue weighted by Gasteiger charge is 2.44. The minimum Gasteiger partial charge on any atom is -0.453 e. The number of ether oxygens (including phenoxy) is 2. The van der Waals surface area contributed by atoms with Gasteiger partial charge < -0.3 is 106 Å². The first-order chi connectivity index (χ1) is 46.8. The molecule has 1 heterocycles. The third-order valence-electron chi connectivity index (χ3n) is 16.7. The van der Waals surface area contributed by atoms with Crippen molar-refractivity contribution in [1.29, 1.82) is 0 Å². The van der Waals surface area contributed by atoms with Gasteiger partial charge in [-0.15, -0.1) is 0 Å². The second kappa shape index (κ2) is 41.1. The van der Waals surface area contributed by atoms with Crippen molar-refractivity contribution in [1.82, 2.24) is 58.5 Å². The summed E-state index contributed by atoms with van der Waals surface area (Å²) in [5, 5.41) is 71.5. The lowest BCUT2D eigenvalue weighted by Crippen LogP contribution is -2.64. The second-order valence-electron chi connectivity index (χ2n) is 27.8. The smallest absolute Gasteiger partial charge is 0.408 e. The van der Waals surface area contributed by atoms with Crippen LogP contribution in [0.2, 0.25) is 0 Å². The number of hydrogen-bond acceptors (Lipinski definition) is 20. The molecule has 2 aliphatic rings. The Labute approximate surface area is 583 Å². The number of nitrogens with two attached hydrogens (primary N) is 3. The minimum atomic E-state index is -2.60. The lowest BCUT2D eigenvalue weighted by molar-refractivity contribution is -0.159. The van der Waals surface area contributed by atoms with E-state index in [0.29, 0.717) is 12.8 Å². The first-order valence-electron chi connectivity index (χ1n) is 34.0. The van der Waals surface area contributed by atoms with Crippen LogP contribution in [-0.2, 0) is 67.0 Å². The number of aliphatic hydroxyl groups excluding tert-OH is 4. The molecule has 1 aromatic rings. The number of benzene rings is 1. The summed E-state index contributed by atoms with van der Waals surface area (Å²) in [5.41, 5.74) is 15.5. The molecule has 1 aliphatic heterocycles. The van der Waals surface area contributed by atoms with Gasteiger partial charge in [0.1, 0.15) is 60.0 Å². The zero-order valence-corrected chi connectivity index (χ0v) is 59.3. The highest BCUT2D eigenvalue weighted by molar-refractivity contribution is 6.00. The van der Waals surface area contributed by atoms with Crippen molar-refractivity contribution >= 4 is 83.0 Å². The Bertz CT molecular complexity index is 2970. The highest BCUT2D eigenvalue weighted by Crippen LogP contribution is 2.29. The number of amides is 12. The summed E-state index contributed by atoms with van der Waals surface area (Å²) in [5.74, 6) is -17.5. The van der Waals surface area contributed by atoms with Gasteiger partial charge in [0.15, 0.2) is 24.2 Å². The molecular weight excluding hydrogens is 1310 g/mol. The van der Waals surface area contributed by atoms with Gasteiger partial charge in [0, 0.05) is 6.54 Å². The normalized spacial score (nSPS) is 24.6. The molecule has 1 saturated carbocycles. The van der Waals surface area contributed by atoms with Crippen LogP contribution in [0.15, 0.2) is 35.3 Å². The third kappa shape index (κ3) is 28.5. The van der Waals surface area contributed by atoms with Crippen LogP contribution < -0.4 is 75.7 Å². The van der Waals surface area contributed by atoms with Crippen LogP contribution in [0.3, 0.4) is 0 Å². The summed E-state index contributed by atoms with van der Waals surface area (Å²) < 4.78 is 11.5. The van der Waals surface area contributed by atoms with E-state index in [1.165, 1.54) is 44.2 Å². The summed E-state index contributed by atoms with van der Waals surface area (Å²) in [6.45, 7) is 16.6. The van der Waals surface area contributed by atoms with Crippen molar-refractivity contribution in [3.63, 3.8) is 0 Å². The van der Waals surface area contributed by atoms with Gasteiger partial charge in [-0.2, -0.15) is 0 Å².